The second-order valence-electron chi connectivity index (χ2n) is 4.27. The molecule has 0 bridgehead atoms. The Morgan fingerprint density at radius 2 is 2.35 bits per heavy atom. The van der Waals surface area contributed by atoms with Gasteiger partial charge in [0, 0.05) is 23.7 Å². The molecule has 1 saturated carbocycles. The summed E-state index contributed by atoms with van der Waals surface area (Å²) in [5, 5.41) is 10.7. The highest BCUT2D eigenvalue weighted by atomic mass is 32.1. The number of carbonyl (C=O) groups excluding carboxylic acids is 1. The van der Waals surface area contributed by atoms with Crippen LogP contribution in [0.15, 0.2) is 10.2 Å². The highest BCUT2D eigenvalue weighted by Gasteiger charge is 2.32. The molecule has 1 aliphatic carbocycles. The van der Waals surface area contributed by atoms with Crippen molar-refractivity contribution in [1.82, 2.24) is 9.47 Å². The summed E-state index contributed by atoms with van der Waals surface area (Å²) in [6.07, 6.45) is 2.01. The van der Waals surface area contributed by atoms with Gasteiger partial charge in [0.25, 0.3) is 0 Å². The van der Waals surface area contributed by atoms with Crippen LogP contribution >= 0.6 is 11.3 Å². The molecular formula is C11H16N2O3S. The first-order valence-electron chi connectivity index (χ1n) is 5.68. The summed E-state index contributed by atoms with van der Waals surface area (Å²) in [5.74, 6) is -0.0786. The normalized spacial score (nSPS) is 14.9. The Morgan fingerprint density at radius 3 is 2.82 bits per heavy atom. The molecule has 1 amide bonds. The van der Waals surface area contributed by atoms with Gasteiger partial charge < -0.3 is 10.0 Å². The molecule has 0 radical (unpaired) electrons. The van der Waals surface area contributed by atoms with Gasteiger partial charge in [0.2, 0.25) is 5.91 Å². The van der Waals surface area contributed by atoms with Crippen molar-refractivity contribution in [3.8, 4) is 0 Å². The topological polar surface area (TPSA) is 62.5 Å². The Morgan fingerprint density at radius 1 is 1.65 bits per heavy atom. The van der Waals surface area contributed by atoms with E-state index >= 15 is 0 Å². The van der Waals surface area contributed by atoms with Crippen molar-refractivity contribution < 1.29 is 9.90 Å². The first-order valence-corrected chi connectivity index (χ1v) is 6.56. The quantitative estimate of drug-likeness (QED) is 0.818. The van der Waals surface area contributed by atoms with Gasteiger partial charge in [-0.2, -0.15) is 0 Å². The summed E-state index contributed by atoms with van der Waals surface area (Å²) < 4.78 is 1.49. The molecule has 94 valence electrons. The minimum absolute atomic E-state index is 0.0280. The number of carbonyl (C=O) groups is 1. The Balaban J connectivity index is 2.07. The molecule has 0 aliphatic heterocycles. The lowest BCUT2D eigenvalue weighted by Crippen LogP contribution is -2.39. The van der Waals surface area contributed by atoms with Crippen molar-refractivity contribution in [3.05, 3.63) is 20.7 Å². The van der Waals surface area contributed by atoms with Crippen LogP contribution in [0.5, 0.6) is 0 Å². The van der Waals surface area contributed by atoms with E-state index in [-0.39, 0.29) is 30.0 Å². The number of hydrogen-bond acceptors (Lipinski definition) is 4. The lowest BCUT2D eigenvalue weighted by atomic mass is 10.4. The molecule has 1 fully saturated rings. The summed E-state index contributed by atoms with van der Waals surface area (Å²) in [6.45, 7) is 2.24. The average Bonchev–Trinajstić information content (AvgIpc) is 3.08. The predicted molar refractivity (Wildman–Crippen MR) is 65.1 cm³/mol. The third-order valence-electron chi connectivity index (χ3n) is 2.92. The summed E-state index contributed by atoms with van der Waals surface area (Å²) >= 11 is 1.11. The number of nitrogens with zero attached hydrogens (tertiary/aromatic N) is 2. The van der Waals surface area contributed by atoms with Gasteiger partial charge in [-0.1, -0.05) is 11.3 Å². The zero-order valence-electron chi connectivity index (χ0n) is 9.76. The molecule has 0 spiro atoms. The molecule has 0 atom stereocenters. The van der Waals surface area contributed by atoms with Gasteiger partial charge in [0.1, 0.15) is 6.54 Å². The highest BCUT2D eigenvalue weighted by Crippen LogP contribution is 2.26. The van der Waals surface area contributed by atoms with Crippen molar-refractivity contribution >= 4 is 17.2 Å². The fourth-order valence-corrected chi connectivity index (χ4v) is 2.56. The van der Waals surface area contributed by atoms with Crippen molar-refractivity contribution in [2.45, 2.75) is 32.4 Å². The van der Waals surface area contributed by atoms with Crippen LogP contribution in [0.3, 0.4) is 0 Å². The first-order chi connectivity index (χ1) is 8.13. The summed E-state index contributed by atoms with van der Waals surface area (Å²) in [5.41, 5.74) is 0.813. The van der Waals surface area contributed by atoms with Gasteiger partial charge in [-0.15, -0.1) is 0 Å². The third kappa shape index (κ3) is 2.76. The lowest BCUT2D eigenvalue weighted by molar-refractivity contribution is -0.133. The van der Waals surface area contributed by atoms with Crippen LogP contribution in [0.2, 0.25) is 0 Å². The van der Waals surface area contributed by atoms with E-state index < -0.39 is 0 Å². The van der Waals surface area contributed by atoms with Crippen LogP contribution in [0.4, 0.5) is 0 Å². The maximum Gasteiger partial charge on any atom is 0.307 e. The van der Waals surface area contributed by atoms with Crippen molar-refractivity contribution in [3.63, 3.8) is 0 Å². The van der Waals surface area contributed by atoms with Gasteiger partial charge in [0.15, 0.2) is 0 Å². The van der Waals surface area contributed by atoms with E-state index in [2.05, 4.69) is 0 Å². The second kappa shape index (κ2) is 5.01. The third-order valence-corrected chi connectivity index (χ3v) is 3.80. The summed E-state index contributed by atoms with van der Waals surface area (Å²) in [4.78, 5) is 25.1. The predicted octanol–water partition coefficient (Wildman–Crippen LogP) is 0.202. The highest BCUT2D eigenvalue weighted by molar-refractivity contribution is 7.07. The zero-order valence-corrected chi connectivity index (χ0v) is 10.6. The molecule has 0 saturated heterocycles. The van der Waals surface area contributed by atoms with Gasteiger partial charge in [0.05, 0.1) is 6.61 Å². The molecule has 1 N–H and O–H groups in total. The average molecular weight is 256 g/mol. The molecule has 1 aliphatic rings. The number of amides is 1. The smallest absolute Gasteiger partial charge is 0.307 e. The van der Waals surface area contributed by atoms with Gasteiger partial charge in [-0.25, -0.2) is 0 Å². The van der Waals surface area contributed by atoms with E-state index in [0.29, 0.717) is 6.54 Å². The van der Waals surface area contributed by atoms with Crippen molar-refractivity contribution in [2.24, 2.45) is 0 Å². The van der Waals surface area contributed by atoms with E-state index in [1.54, 1.807) is 10.3 Å². The molecule has 2 rings (SSSR count). The number of aryl methyl sites for hydroxylation is 1. The molecule has 6 heteroatoms. The number of thiazole rings is 1. The first kappa shape index (κ1) is 12.3. The minimum atomic E-state index is -0.101. The zero-order chi connectivity index (χ0) is 12.4. The minimum Gasteiger partial charge on any atom is -0.395 e. The molecular weight excluding hydrogens is 240 g/mol. The fraction of sp³-hybridized carbons (Fsp3) is 0.636. The molecule has 0 unspecified atom stereocenters. The van der Waals surface area contributed by atoms with Crippen LogP contribution < -0.4 is 4.87 Å². The van der Waals surface area contributed by atoms with Gasteiger partial charge >= 0.3 is 4.87 Å². The lowest BCUT2D eigenvalue weighted by Gasteiger charge is -2.21. The van der Waals surface area contributed by atoms with Crippen LogP contribution in [0.25, 0.3) is 0 Å². The second-order valence-corrected chi connectivity index (χ2v) is 5.09. The van der Waals surface area contributed by atoms with E-state index in [9.17, 15) is 9.59 Å². The molecule has 1 heterocycles. The Bertz CT molecular complexity index is 462. The standard InChI is InChI=1S/C11H16N2O3S/c1-8-7-17-11(16)13(8)6-10(15)12(4-5-14)9-2-3-9/h7,9,14H,2-6H2,1H3. The van der Waals surface area contributed by atoms with E-state index in [1.807, 2.05) is 6.92 Å². The van der Waals surface area contributed by atoms with Gasteiger partial charge in [-0.3, -0.25) is 14.2 Å². The maximum atomic E-state index is 12.0. The molecule has 5 nitrogen and oxygen atoms in total. The van der Waals surface area contributed by atoms with Crippen LogP contribution in [-0.2, 0) is 11.3 Å². The maximum absolute atomic E-state index is 12.0. The molecule has 0 aromatic carbocycles. The summed E-state index contributed by atoms with van der Waals surface area (Å²) in [6, 6.07) is 0.268. The van der Waals surface area contributed by atoms with E-state index in [0.717, 1.165) is 29.9 Å². The van der Waals surface area contributed by atoms with Gasteiger partial charge in [-0.05, 0) is 19.8 Å². The van der Waals surface area contributed by atoms with Crippen LogP contribution in [-0.4, -0.2) is 39.7 Å². The van der Waals surface area contributed by atoms with Crippen LogP contribution in [0, 0.1) is 6.92 Å². The summed E-state index contributed by atoms with van der Waals surface area (Å²) in [7, 11) is 0. The SMILES string of the molecule is Cc1csc(=O)n1CC(=O)N(CCO)C1CC1. The number of aliphatic hydroxyl groups excluding tert-OH is 1. The Labute approximate surface area is 103 Å². The molecule has 1 aromatic rings. The molecule has 17 heavy (non-hydrogen) atoms. The largest absolute Gasteiger partial charge is 0.395 e. The van der Waals surface area contributed by atoms with E-state index in [4.69, 9.17) is 5.11 Å². The molecule has 1 aromatic heterocycles. The van der Waals surface area contributed by atoms with Crippen molar-refractivity contribution in [2.75, 3.05) is 13.2 Å². The number of aromatic nitrogens is 1. The van der Waals surface area contributed by atoms with Crippen molar-refractivity contribution in [1.29, 1.82) is 0 Å². The number of rotatable bonds is 5. The number of aliphatic hydroxyl groups is 1. The Hall–Kier alpha value is -1.14. The Kier molecular flexibility index (Phi) is 3.63. The van der Waals surface area contributed by atoms with Crippen LogP contribution in [0.1, 0.15) is 18.5 Å². The monoisotopic (exact) mass is 256 g/mol. The number of hydrogen-bond donors (Lipinski definition) is 1. The fourth-order valence-electron chi connectivity index (χ4n) is 1.83. The van der Waals surface area contributed by atoms with E-state index in [1.165, 1.54) is 4.57 Å².